The highest BCUT2D eigenvalue weighted by Crippen LogP contribution is 2.25. The van der Waals surface area contributed by atoms with Crippen LogP contribution < -0.4 is 5.32 Å². The molecule has 116 valence electrons. The minimum absolute atomic E-state index is 0.0777. The van der Waals surface area contributed by atoms with Crippen LogP contribution in [0.5, 0.6) is 0 Å². The Labute approximate surface area is 138 Å². The molecule has 2 N–H and O–H groups in total. The van der Waals surface area contributed by atoms with Crippen molar-refractivity contribution in [1.29, 1.82) is 0 Å². The molecule has 0 aliphatic carbocycles. The first-order valence-corrected chi connectivity index (χ1v) is 7.73. The Hall–Kier alpha value is -1.07. The van der Waals surface area contributed by atoms with Gasteiger partial charge in [-0.3, -0.25) is 9.59 Å². The van der Waals surface area contributed by atoms with Crippen LogP contribution in [0.25, 0.3) is 0 Å². The van der Waals surface area contributed by atoms with E-state index in [9.17, 15) is 14.7 Å². The Kier molecular flexibility index (Phi) is 6.23. The largest absolute Gasteiger partial charge is 0.481 e. The first kappa shape index (κ1) is 18.0. The summed E-state index contributed by atoms with van der Waals surface area (Å²) in [6.07, 6.45) is 0.481. The molecule has 0 bridgehead atoms. The zero-order valence-corrected chi connectivity index (χ0v) is 14.6. The summed E-state index contributed by atoms with van der Waals surface area (Å²) < 4.78 is 0.738. The van der Waals surface area contributed by atoms with E-state index < -0.39 is 11.9 Å². The summed E-state index contributed by atoms with van der Waals surface area (Å²) in [6.45, 7) is 5.98. The van der Waals surface area contributed by atoms with E-state index in [2.05, 4.69) is 21.2 Å². The van der Waals surface area contributed by atoms with Crippen molar-refractivity contribution in [2.75, 3.05) is 6.54 Å². The number of carboxylic acids is 1. The third-order valence-corrected chi connectivity index (χ3v) is 3.71. The maximum Gasteiger partial charge on any atom is 0.308 e. The molecule has 0 fully saturated rings. The van der Waals surface area contributed by atoms with Crippen molar-refractivity contribution >= 4 is 39.4 Å². The number of hydrogen-bond acceptors (Lipinski definition) is 2. The maximum absolute atomic E-state index is 12.1. The predicted octanol–water partition coefficient (Wildman–Crippen LogP) is 3.97. The van der Waals surface area contributed by atoms with E-state index >= 15 is 0 Å². The lowest BCUT2D eigenvalue weighted by atomic mass is 9.84. The van der Waals surface area contributed by atoms with Gasteiger partial charge in [0.1, 0.15) is 0 Å². The molecule has 6 heteroatoms. The number of halogens is 2. The molecule has 0 radical (unpaired) electrons. The van der Waals surface area contributed by atoms with Gasteiger partial charge in [0.25, 0.3) is 5.91 Å². The molecule has 21 heavy (non-hydrogen) atoms. The third-order valence-electron chi connectivity index (χ3n) is 2.89. The molecule has 4 nitrogen and oxygen atoms in total. The van der Waals surface area contributed by atoms with Gasteiger partial charge in [-0.05, 0) is 30.0 Å². The summed E-state index contributed by atoms with van der Waals surface area (Å²) in [5, 5.41) is 12.2. The molecular formula is C15H19BrClNO3. The summed E-state index contributed by atoms with van der Waals surface area (Å²) >= 11 is 9.25. The number of carbonyl (C=O) groups is 2. The number of aliphatic carboxylic acids is 1. The Morgan fingerprint density at radius 3 is 2.52 bits per heavy atom. The van der Waals surface area contributed by atoms with Crippen LogP contribution in [-0.2, 0) is 4.79 Å². The second-order valence-electron chi connectivity index (χ2n) is 6.13. The molecule has 0 heterocycles. The molecule has 1 atom stereocenters. The van der Waals surface area contributed by atoms with E-state index in [-0.39, 0.29) is 17.9 Å². The van der Waals surface area contributed by atoms with Gasteiger partial charge in [0.2, 0.25) is 0 Å². The van der Waals surface area contributed by atoms with Crippen molar-refractivity contribution < 1.29 is 14.7 Å². The van der Waals surface area contributed by atoms with Crippen LogP contribution in [0.15, 0.2) is 22.7 Å². The minimum atomic E-state index is -0.912. The molecule has 1 aromatic rings. The quantitative estimate of drug-likeness (QED) is 0.817. The average molecular weight is 377 g/mol. The van der Waals surface area contributed by atoms with Gasteiger partial charge in [-0.1, -0.05) is 48.3 Å². The first-order valence-electron chi connectivity index (χ1n) is 6.56. The fourth-order valence-corrected chi connectivity index (χ4v) is 2.53. The van der Waals surface area contributed by atoms with E-state index in [1.54, 1.807) is 18.2 Å². The number of rotatable bonds is 5. The molecule has 1 aromatic carbocycles. The fraction of sp³-hybridized carbons (Fsp3) is 0.467. The van der Waals surface area contributed by atoms with Gasteiger partial charge in [-0.25, -0.2) is 0 Å². The Bertz CT molecular complexity index is 540. The zero-order chi connectivity index (χ0) is 16.2. The van der Waals surface area contributed by atoms with Gasteiger partial charge >= 0.3 is 5.97 Å². The summed E-state index contributed by atoms with van der Waals surface area (Å²) in [4.78, 5) is 23.4. The van der Waals surface area contributed by atoms with Gasteiger partial charge < -0.3 is 10.4 Å². The van der Waals surface area contributed by atoms with Crippen LogP contribution in [0.1, 0.15) is 37.6 Å². The van der Waals surface area contributed by atoms with Crippen LogP contribution in [0.4, 0.5) is 0 Å². The second kappa shape index (κ2) is 7.27. The Morgan fingerprint density at radius 1 is 1.38 bits per heavy atom. The molecule has 0 aliphatic heterocycles. The van der Waals surface area contributed by atoms with Crippen molar-refractivity contribution in [3.63, 3.8) is 0 Å². The van der Waals surface area contributed by atoms with Gasteiger partial charge in [-0.2, -0.15) is 0 Å². The van der Waals surface area contributed by atoms with Crippen LogP contribution >= 0.6 is 27.5 Å². The number of nitrogens with one attached hydrogen (secondary N) is 1. The topological polar surface area (TPSA) is 66.4 Å². The van der Waals surface area contributed by atoms with E-state index in [0.29, 0.717) is 17.0 Å². The van der Waals surface area contributed by atoms with Crippen molar-refractivity contribution in [3.8, 4) is 0 Å². The number of carbonyl (C=O) groups excluding carboxylic acids is 1. The third kappa shape index (κ3) is 6.06. The number of hydrogen-bond donors (Lipinski definition) is 2. The maximum atomic E-state index is 12.1. The highest BCUT2D eigenvalue weighted by molar-refractivity contribution is 9.10. The summed E-state index contributed by atoms with van der Waals surface area (Å²) in [5.41, 5.74) is 0.201. The summed E-state index contributed by atoms with van der Waals surface area (Å²) in [5.74, 6) is -1.91. The van der Waals surface area contributed by atoms with Crippen molar-refractivity contribution in [2.24, 2.45) is 11.3 Å². The number of benzene rings is 1. The molecule has 1 rings (SSSR count). The van der Waals surface area contributed by atoms with Gasteiger partial charge in [0.05, 0.1) is 16.5 Å². The van der Waals surface area contributed by atoms with Crippen molar-refractivity contribution in [1.82, 2.24) is 5.32 Å². The normalized spacial score (nSPS) is 12.8. The van der Waals surface area contributed by atoms with E-state index in [4.69, 9.17) is 11.6 Å². The number of amides is 1. The molecule has 0 saturated carbocycles. The number of carboxylic acid groups (broad SMARTS) is 1. The fourth-order valence-electron chi connectivity index (χ4n) is 1.97. The summed E-state index contributed by atoms with van der Waals surface area (Å²) in [6, 6.07) is 4.96. The summed E-state index contributed by atoms with van der Waals surface area (Å²) in [7, 11) is 0. The van der Waals surface area contributed by atoms with Crippen LogP contribution in [0.2, 0.25) is 5.02 Å². The highest BCUT2D eigenvalue weighted by Gasteiger charge is 2.25. The molecule has 0 saturated heterocycles. The van der Waals surface area contributed by atoms with Gasteiger partial charge in [0, 0.05) is 11.0 Å². The van der Waals surface area contributed by atoms with E-state index in [1.165, 1.54) is 0 Å². The highest BCUT2D eigenvalue weighted by atomic mass is 79.9. The standard InChI is InChI=1S/C15H19BrClNO3/c1-15(2,3)7-9(14(20)21)8-18-13(19)11-6-10(16)4-5-12(11)17/h4-6,9H,7-8H2,1-3H3,(H,18,19)(H,20,21). The van der Waals surface area contributed by atoms with Crippen LogP contribution in [0.3, 0.4) is 0 Å². The minimum Gasteiger partial charge on any atom is -0.481 e. The SMILES string of the molecule is CC(C)(C)CC(CNC(=O)c1cc(Br)ccc1Cl)C(=O)O. The predicted molar refractivity (Wildman–Crippen MR) is 86.7 cm³/mol. The molecule has 0 spiro atoms. The molecular weight excluding hydrogens is 358 g/mol. The van der Waals surface area contributed by atoms with Gasteiger partial charge in [-0.15, -0.1) is 0 Å². The lowest BCUT2D eigenvalue weighted by Crippen LogP contribution is -2.35. The monoisotopic (exact) mass is 375 g/mol. The van der Waals surface area contributed by atoms with E-state index in [0.717, 1.165) is 4.47 Å². The zero-order valence-electron chi connectivity index (χ0n) is 12.2. The van der Waals surface area contributed by atoms with Crippen molar-refractivity contribution in [3.05, 3.63) is 33.3 Å². The van der Waals surface area contributed by atoms with Gasteiger partial charge in [0.15, 0.2) is 0 Å². The van der Waals surface area contributed by atoms with Crippen LogP contribution in [-0.4, -0.2) is 23.5 Å². The lowest BCUT2D eigenvalue weighted by molar-refractivity contribution is -0.142. The Balaban J connectivity index is 2.74. The molecule has 0 aromatic heterocycles. The van der Waals surface area contributed by atoms with E-state index in [1.807, 2.05) is 20.8 Å². The van der Waals surface area contributed by atoms with Crippen molar-refractivity contribution in [2.45, 2.75) is 27.2 Å². The lowest BCUT2D eigenvalue weighted by Gasteiger charge is -2.23. The average Bonchev–Trinajstić information content (AvgIpc) is 2.35. The molecule has 1 unspecified atom stereocenters. The first-order chi connectivity index (χ1) is 9.60. The van der Waals surface area contributed by atoms with Crippen LogP contribution in [0, 0.1) is 11.3 Å². The smallest absolute Gasteiger partial charge is 0.308 e. The second-order valence-corrected chi connectivity index (χ2v) is 7.46. The molecule has 0 aliphatic rings. The molecule has 1 amide bonds. The Morgan fingerprint density at radius 2 is 2.00 bits per heavy atom.